The Hall–Kier alpha value is -0.130. The number of esters is 1. The molecular formula is C9H16BrNO3. The van der Waals surface area contributed by atoms with Crippen molar-refractivity contribution in [2.45, 2.75) is 11.2 Å². The summed E-state index contributed by atoms with van der Waals surface area (Å²) in [4.78, 5) is 13.1. The van der Waals surface area contributed by atoms with Crippen LogP contribution in [-0.2, 0) is 14.3 Å². The zero-order valence-corrected chi connectivity index (χ0v) is 9.96. The lowest BCUT2D eigenvalue weighted by molar-refractivity contribution is -0.140. The molecule has 5 heteroatoms. The zero-order valence-electron chi connectivity index (χ0n) is 8.37. The third kappa shape index (κ3) is 3.94. The number of methoxy groups -OCH3 is 1. The van der Waals surface area contributed by atoms with Gasteiger partial charge in [-0.1, -0.05) is 15.9 Å². The average molecular weight is 266 g/mol. The molecule has 1 heterocycles. The van der Waals surface area contributed by atoms with Gasteiger partial charge in [0.15, 0.2) is 0 Å². The van der Waals surface area contributed by atoms with Crippen LogP contribution in [0.1, 0.15) is 6.42 Å². The van der Waals surface area contributed by atoms with Crippen LogP contribution in [0.25, 0.3) is 0 Å². The van der Waals surface area contributed by atoms with E-state index in [4.69, 9.17) is 4.74 Å². The van der Waals surface area contributed by atoms with Gasteiger partial charge in [-0.05, 0) is 6.42 Å². The van der Waals surface area contributed by atoms with Crippen molar-refractivity contribution in [3.8, 4) is 0 Å². The number of hydrogen-bond donors (Lipinski definition) is 0. The Morgan fingerprint density at radius 2 is 2.36 bits per heavy atom. The van der Waals surface area contributed by atoms with E-state index in [2.05, 4.69) is 25.6 Å². The summed E-state index contributed by atoms with van der Waals surface area (Å²) >= 11 is 3.31. The van der Waals surface area contributed by atoms with Gasteiger partial charge in [-0.3, -0.25) is 9.69 Å². The van der Waals surface area contributed by atoms with Gasteiger partial charge >= 0.3 is 5.97 Å². The summed E-state index contributed by atoms with van der Waals surface area (Å²) in [5, 5.41) is 0. The lowest BCUT2D eigenvalue weighted by atomic mass is 10.3. The summed E-state index contributed by atoms with van der Waals surface area (Å²) in [6.07, 6.45) is 1.03. The van der Waals surface area contributed by atoms with E-state index in [-0.39, 0.29) is 10.8 Å². The second kappa shape index (κ2) is 6.37. The Morgan fingerprint density at radius 3 is 3.07 bits per heavy atom. The smallest absolute Gasteiger partial charge is 0.320 e. The van der Waals surface area contributed by atoms with Crippen LogP contribution in [0, 0.1) is 0 Å². The van der Waals surface area contributed by atoms with Crippen LogP contribution in [0.4, 0.5) is 0 Å². The van der Waals surface area contributed by atoms with E-state index in [1.165, 1.54) is 7.11 Å². The van der Waals surface area contributed by atoms with Gasteiger partial charge in [-0.2, -0.15) is 0 Å². The van der Waals surface area contributed by atoms with E-state index in [1.807, 2.05) is 0 Å². The highest BCUT2D eigenvalue weighted by Crippen LogP contribution is 2.07. The minimum absolute atomic E-state index is 0.213. The maximum absolute atomic E-state index is 11.1. The molecule has 0 amide bonds. The number of halogens is 1. The number of carbonyl (C=O) groups excluding carboxylic acids is 1. The molecule has 1 aliphatic rings. The molecule has 1 rings (SSSR count). The fraction of sp³-hybridized carbons (Fsp3) is 0.889. The Labute approximate surface area is 92.7 Å². The summed E-state index contributed by atoms with van der Waals surface area (Å²) in [5.41, 5.74) is 0. The molecule has 1 atom stereocenters. The summed E-state index contributed by atoms with van der Waals surface area (Å²) in [5.74, 6) is -0.213. The molecule has 0 aromatic carbocycles. The van der Waals surface area contributed by atoms with Gasteiger partial charge in [0, 0.05) is 26.2 Å². The average Bonchev–Trinajstić information content (AvgIpc) is 2.45. The standard InChI is InChI=1S/C9H16BrNO3/c1-13-9(12)8(10)7-11-3-2-5-14-6-4-11/h8H,2-7H2,1H3. The van der Waals surface area contributed by atoms with Crippen molar-refractivity contribution in [2.24, 2.45) is 0 Å². The molecule has 1 aliphatic heterocycles. The van der Waals surface area contributed by atoms with Gasteiger partial charge in [-0.25, -0.2) is 0 Å². The maximum atomic E-state index is 11.1. The Balaban J connectivity index is 2.30. The molecule has 0 saturated carbocycles. The van der Waals surface area contributed by atoms with E-state index >= 15 is 0 Å². The number of ether oxygens (including phenoxy) is 2. The first kappa shape index (κ1) is 11.9. The maximum Gasteiger partial charge on any atom is 0.320 e. The Bertz CT molecular complexity index is 181. The fourth-order valence-corrected chi connectivity index (χ4v) is 2.01. The topological polar surface area (TPSA) is 38.8 Å². The van der Waals surface area contributed by atoms with Gasteiger partial charge in [0.2, 0.25) is 0 Å². The van der Waals surface area contributed by atoms with Gasteiger partial charge in [0.05, 0.1) is 13.7 Å². The first-order chi connectivity index (χ1) is 6.74. The molecule has 14 heavy (non-hydrogen) atoms. The van der Waals surface area contributed by atoms with Crippen molar-refractivity contribution in [1.82, 2.24) is 4.90 Å². The minimum atomic E-state index is -0.231. The summed E-state index contributed by atoms with van der Waals surface area (Å²) in [6, 6.07) is 0. The number of carbonyl (C=O) groups is 1. The molecule has 1 saturated heterocycles. The molecule has 0 aliphatic carbocycles. The normalized spacial score (nSPS) is 21.3. The first-order valence-corrected chi connectivity index (χ1v) is 5.67. The fourth-order valence-electron chi connectivity index (χ4n) is 1.41. The van der Waals surface area contributed by atoms with Gasteiger partial charge < -0.3 is 9.47 Å². The van der Waals surface area contributed by atoms with E-state index in [9.17, 15) is 4.79 Å². The van der Waals surface area contributed by atoms with Crippen LogP contribution in [0.5, 0.6) is 0 Å². The van der Waals surface area contributed by atoms with Crippen molar-refractivity contribution >= 4 is 21.9 Å². The van der Waals surface area contributed by atoms with Gasteiger partial charge in [0.25, 0.3) is 0 Å². The quantitative estimate of drug-likeness (QED) is 0.555. The molecule has 0 aromatic rings. The predicted octanol–water partition coefficient (Wildman–Crippen LogP) is 0.645. The molecule has 0 bridgehead atoms. The molecule has 1 fully saturated rings. The van der Waals surface area contributed by atoms with Crippen LogP contribution in [0.15, 0.2) is 0 Å². The third-order valence-corrected chi connectivity index (χ3v) is 2.85. The van der Waals surface area contributed by atoms with Crippen LogP contribution in [-0.4, -0.2) is 55.7 Å². The highest BCUT2D eigenvalue weighted by atomic mass is 79.9. The molecule has 82 valence electrons. The van der Waals surface area contributed by atoms with Gasteiger partial charge in [0.1, 0.15) is 4.83 Å². The predicted molar refractivity (Wildman–Crippen MR) is 56.6 cm³/mol. The number of alkyl halides is 1. The van der Waals surface area contributed by atoms with Crippen LogP contribution >= 0.6 is 15.9 Å². The second-order valence-electron chi connectivity index (χ2n) is 3.26. The van der Waals surface area contributed by atoms with E-state index in [1.54, 1.807) is 0 Å². The van der Waals surface area contributed by atoms with Crippen molar-refractivity contribution < 1.29 is 14.3 Å². The van der Waals surface area contributed by atoms with Crippen molar-refractivity contribution in [3.05, 3.63) is 0 Å². The third-order valence-electron chi connectivity index (χ3n) is 2.19. The highest BCUT2D eigenvalue weighted by Gasteiger charge is 2.19. The highest BCUT2D eigenvalue weighted by molar-refractivity contribution is 9.10. The molecule has 0 spiro atoms. The van der Waals surface area contributed by atoms with Crippen molar-refractivity contribution in [1.29, 1.82) is 0 Å². The van der Waals surface area contributed by atoms with Crippen LogP contribution in [0.2, 0.25) is 0 Å². The SMILES string of the molecule is COC(=O)C(Br)CN1CCCOCC1. The molecular weight excluding hydrogens is 250 g/mol. The monoisotopic (exact) mass is 265 g/mol. The largest absolute Gasteiger partial charge is 0.468 e. The number of nitrogens with zero attached hydrogens (tertiary/aromatic N) is 1. The van der Waals surface area contributed by atoms with Crippen molar-refractivity contribution in [2.75, 3.05) is 40.0 Å². The van der Waals surface area contributed by atoms with Gasteiger partial charge in [-0.15, -0.1) is 0 Å². The molecule has 0 aromatic heterocycles. The Kier molecular flexibility index (Phi) is 5.44. The molecule has 1 unspecified atom stereocenters. The zero-order chi connectivity index (χ0) is 10.4. The second-order valence-corrected chi connectivity index (χ2v) is 4.36. The lowest BCUT2D eigenvalue weighted by Gasteiger charge is -2.20. The number of rotatable bonds is 3. The molecule has 4 nitrogen and oxygen atoms in total. The van der Waals surface area contributed by atoms with E-state index < -0.39 is 0 Å². The van der Waals surface area contributed by atoms with E-state index in [0.29, 0.717) is 6.54 Å². The summed E-state index contributed by atoms with van der Waals surface area (Å²) in [7, 11) is 1.40. The Morgan fingerprint density at radius 1 is 1.57 bits per heavy atom. The first-order valence-electron chi connectivity index (χ1n) is 4.76. The summed E-state index contributed by atoms with van der Waals surface area (Å²) in [6.45, 7) is 4.14. The number of hydrogen-bond acceptors (Lipinski definition) is 4. The molecule has 0 N–H and O–H groups in total. The minimum Gasteiger partial charge on any atom is -0.468 e. The molecule has 0 radical (unpaired) electrons. The van der Waals surface area contributed by atoms with E-state index in [0.717, 1.165) is 32.7 Å². The van der Waals surface area contributed by atoms with Crippen molar-refractivity contribution in [3.63, 3.8) is 0 Å². The lowest BCUT2D eigenvalue weighted by Crippen LogP contribution is -2.35. The summed E-state index contributed by atoms with van der Waals surface area (Å²) < 4.78 is 9.96. The van der Waals surface area contributed by atoms with Crippen LogP contribution < -0.4 is 0 Å². The van der Waals surface area contributed by atoms with Crippen LogP contribution in [0.3, 0.4) is 0 Å².